The van der Waals surface area contributed by atoms with Crippen molar-refractivity contribution in [3.63, 3.8) is 0 Å². The maximum absolute atomic E-state index is 13.8. The lowest BCUT2D eigenvalue weighted by Crippen LogP contribution is -2.08. The van der Waals surface area contributed by atoms with Crippen LogP contribution < -0.4 is 15.2 Å². The topological polar surface area (TPSA) is 97.8 Å². The lowest BCUT2D eigenvalue weighted by atomic mass is 9.96. The highest BCUT2D eigenvalue weighted by molar-refractivity contribution is 8.00. The maximum atomic E-state index is 13.8. The van der Waals surface area contributed by atoms with Crippen molar-refractivity contribution in [3.05, 3.63) is 58.4 Å². The average Bonchev–Trinajstić information content (AvgIpc) is 2.84. The van der Waals surface area contributed by atoms with Crippen LogP contribution in [-0.4, -0.2) is 44.1 Å². The van der Waals surface area contributed by atoms with Crippen LogP contribution in [-0.2, 0) is 6.18 Å². The summed E-state index contributed by atoms with van der Waals surface area (Å²) in [7, 11) is 4.51. The molecular weight excluding hydrogens is 501 g/mol. The first-order valence-electron chi connectivity index (χ1n) is 10.00. The van der Waals surface area contributed by atoms with Gasteiger partial charge in [0.05, 0.1) is 22.6 Å². The third kappa shape index (κ3) is 6.93. The van der Waals surface area contributed by atoms with E-state index in [4.69, 9.17) is 16.3 Å². The Bertz CT molecular complexity index is 1220. The van der Waals surface area contributed by atoms with Gasteiger partial charge >= 0.3 is 6.18 Å². The minimum Gasteiger partial charge on any atom is -0.480 e. The molecule has 0 atom stereocenters. The molecule has 35 heavy (non-hydrogen) atoms. The first-order chi connectivity index (χ1) is 16.7. The van der Waals surface area contributed by atoms with Gasteiger partial charge in [0.1, 0.15) is 0 Å². The van der Waals surface area contributed by atoms with E-state index in [9.17, 15) is 13.2 Å². The molecule has 0 unspecified atom stereocenters. The van der Waals surface area contributed by atoms with Crippen molar-refractivity contribution in [2.24, 2.45) is 15.7 Å². The van der Waals surface area contributed by atoms with Crippen LogP contribution in [0.3, 0.4) is 0 Å². The number of pyridine rings is 2. The number of halogens is 4. The zero-order valence-corrected chi connectivity index (χ0v) is 21.0. The highest BCUT2D eigenvalue weighted by Gasteiger charge is 2.34. The molecule has 3 aromatic rings. The fraction of sp³-hybridized carbons (Fsp3) is 0.217. The molecule has 7 nitrogen and oxygen atoms in total. The van der Waals surface area contributed by atoms with Gasteiger partial charge in [0.2, 0.25) is 5.88 Å². The number of methoxy groups -OCH3 is 1. The van der Waals surface area contributed by atoms with E-state index in [2.05, 4.69) is 37.1 Å². The van der Waals surface area contributed by atoms with E-state index in [-0.39, 0.29) is 5.56 Å². The molecule has 0 aliphatic heterocycles. The van der Waals surface area contributed by atoms with Crippen LogP contribution in [0.2, 0.25) is 5.02 Å². The molecule has 2 aromatic heterocycles. The molecule has 0 amide bonds. The number of anilines is 1. The van der Waals surface area contributed by atoms with E-state index in [0.29, 0.717) is 44.1 Å². The number of benzene rings is 1. The Morgan fingerprint density at radius 2 is 1.91 bits per heavy atom. The number of ether oxygens (including phenoxy) is 1. The number of nitrogens with one attached hydrogen (secondary N) is 1. The fourth-order valence-electron chi connectivity index (χ4n) is 3.07. The number of aryl methyl sites for hydroxylation is 1. The minimum atomic E-state index is -4.57. The number of nitrogens with zero attached hydrogens (tertiary/aromatic N) is 4. The number of nitrogens with two attached hydrogens (primary N) is 1. The van der Waals surface area contributed by atoms with E-state index in [1.807, 2.05) is 0 Å². The molecule has 3 rings (SSSR count). The highest BCUT2D eigenvalue weighted by Crippen LogP contribution is 2.41. The monoisotopic (exact) mass is 524 g/mol. The first-order valence-corrected chi connectivity index (χ1v) is 11.2. The number of aromatic nitrogens is 2. The average molecular weight is 525 g/mol. The van der Waals surface area contributed by atoms with E-state index in [1.54, 1.807) is 26.1 Å². The molecule has 1 aromatic carbocycles. The lowest BCUT2D eigenvalue weighted by molar-refractivity contribution is -0.137. The van der Waals surface area contributed by atoms with Crippen molar-refractivity contribution in [1.82, 2.24) is 9.97 Å². The largest absolute Gasteiger partial charge is 0.480 e. The smallest absolute Gasteiger partial charge is 0.417 e. The Hall–Kier alpha value is -3.15. The SMILES string of the molecule is C=Nc1nc(C)c(-c2cc(NSc3cc(Cl)cnc3OC)ccc2C(F)(F)F)cc1C=NC.CN. The Morgan fingerprint density at radius 3 is 2.51 bits per heavy atom. The molecule has 0 aliphatic carbocycles. The van der Waals surface area contributed by atoms with Gasteiger partial charge in [-0.15, -0.1) is 0 Å². The van der Waals surface area contributed by atoms with Crippen LogP contribution in [0.15, 0.2) is 51.4 Å². The Labute approximate surface area is 210 Å². The van der Waals surface area contributed by atoms with Gasteiger partial charge in [0.15, 0.2) is 5.82 Å². The standard InChI is InChI=1S/C22H19ClF3N5OS.CH5N/c1-12-16(7-13(10-27-2)20(28-3)30-12)17-9-15(5-6-18(17)22(24,25)26)31-33-19-8-14(23)11-29-21(19)32-4;1-2/h5-11,31H,3H2,1-2,4H3;2H2,1H3. The van der Waals surface area contributed by atoms with Crippen molar-refractivity contribution in [2.75, 3.05) is 25.9 Å². The second kappa shape index (κ2) is 12.5. The number of rotatable bonds is 7. The third-order valence-electron chi connectivity index (χ3n) is 4.51. The summed E-state index contributed by atoms with van der Waals surface area (Å²) in [6.07, 6.45) is -1.65. The molecule has 0 spiro atoms. The summed E-state index contributed by atoms with van der Waals surface area (Å²) in [6, 6.07) is 7.00. The van der Waals surface area contributed by atoms with Gasteiger partial charge in [-0.1, -0.05) is 11.6 Å². The van der Waals surface area contributed by atoms with Crippen molar-refractivity contribution >= 4 is 48.0 Å². The van der Waals surface area contributed by atoms with Crippen LogP contribution in [0.25, 0.3) is 11.1 Å². The molecule has 0 saturated carbocycles. The van der Waals surface area contributed by atoms with Gasteiger partial charge in [0, 0.05) is 42.0 Å². The van der Waals surface area contributed by atoms with E-state index >= 15 is 0 Å². The predicted molar refractivity (Wildman–Crippen MR) is 138 cm³/mol. The Balaban J connectivity index is 0.00000210. The van der Waals surface area contributed by atoms with E-state index in [0.717, 1.165) is 18.0 Å². The van der Waals surface area contributed by atoms with Crippen molar-refractivity contribution in [3.8, 4) is 17.0 Å². The van der Waals surface area contributed by atoms with E-state index < -0.39 is 11.7 Å². The molecule has 186 valence electrons. The molecule has 0 saturated heterocycles. The van der Waals surface area contributed by atoms with E-state index in [1.165, 1.54) is 38.7 Å². The number of hydrogen-bond donors (Lipinski definition) is 2. The summed E-state index contributed by atoms with van der Waals surface area (Å²) >= 11 is 7.11. The summed E-state index contributed by atoms with van der Waals surface area (Å²) in [5.74, 6) is 0.626. The molecule has 0 aliphatic rings. The predicted octanol–water partition coefficient (Wildman–Crippen LogP) is 6.21. The summed E-state index contributed by atoms with van der Waals surface area (Å²) < 4.78 is 49.8. The molecule has 3 N–H and O–H groups in total. The van der Waals surface area contributed by atoms with Gasteiger partial charge < -0.3 is 15.2 Å². The lowest BCUT2D eigenvalue weighted by Gasteiger charge is -2.17. The Kier molecular flexibility index (Phi) is 10.1. The summed E-state index contributed by atoms with van der Waals surface area (Å²) in [5, 5.41) is 0.399. The van der Waals surface area contributed by atoms with Gasteiger partial charge in [-0.05, 0) is 68.5 Å². The van der Waals surface area contributed by atoms with Gasteiger partial charge in [0.25, 0.3) is 0 Å². The van der Waals surface area contributed by atoms with Gasteiger partial charge in [-0.3, -0.25) is 4.99 Å². The van der Waals surface area contributed by atoms with Crippen molar-refractivity contribution in [2.45, 2.75) is 18.0 Å². The number of alkyl halides is 3. The third-order valence-corrected chi connectivity index (χ3v) is 5.57. The number of aliphatic imine (C=N–C) groups is 2. The molecule has 2 heterocycles. The zero-order chi connectivity index (χ0) is 26.2. The zero-order valence-electron chi connectivity index (χ0n) is 19.4. The second-order valence-electron chi connectivity index (χ2n) is 6.70. The highest BCUT2D eigenvalue weighted by atomic mass is 35.5. The molecule has 12 heteroatoms. The molecule has 0 fully saturated rings. The van der Waals surface area contributed by atoms with Crippen LogP contribution in [0.4, 0.5) is 24.7 Å². The quantitative estimate of drug-likeness (QED) is 0.282. The summed E-state index contributed by atoms with van der Waals surface area (Å²) in [6.45, 7) is 5.09. The van der Waals surface area contributed by atoms with Crippen LogP contribution in [0.5, 0.6) is 5.88 Å². The van der Waals surface area contributed by atoms with Crippen LogP contribution >= 0.6 is 23.5 Å². The van der Waals surface area contributed by atoms with Gasteiger partial charge in [-0.2, -0.15) is 13.2 Å². The Morgan fingerprint density at radius 1 is 1.20 bits per heavy atom. The summed E-state index contributed by atoms with van der Waals surface area (Å²) in [5.41, 5.74) is 5.26. The first kappa shape index (κ1) is 28.1. The normalized spacial score (nSPS) is 11.1. The summed E-state index contributed by atoms with van der Waals surface area (Å²) in [4.78, 5) is 16.7. The molecule has 0 bridgehead atoms. The maximum Gasteiger partial charge on any atom is 0.417 e. The van der Waals surface area contributed by atoms with Crippen molar-refractivity contribution < 1.29 is 17.9 Å². The minimum absolute atomic E-state index is 0.0318. The fourth-order valence-corrected chi connectivity index (χ4v) is 4.05. The number of hydrogen-bond acceptors (Lipinski definition) is 8. The second-order valence-corrected chi connectivity index (χ2v) is 7.99. The molecule has 0 radical (unpaired) electrons. The van der Waals surface area contributed by atoms with Gasteiger partial charge in [-0.25, -0.2) is 15.0 Å². The van der Waals surface area contributed by atoms with Crippen LogP contribution in [0.1, 0.15) is 16.8 Å². The van der Waals surface area contributed by atoms with Crippen molar-refractivity contribution in [1.29, 1.82) is 0 Å². The molecular formula is C23H24ClF3N6OS. The van der Waals surface area contributed by atoms with Crippen LogP contribution in [0, 0.1) is 6.92 Å².